The highest BCUT2D eigenvalue weighted by Gasteiger charge is 2.15. The van der Waals surface area contributed by atoms with Gasteiger partial charge in [0, 0.05) is 23.6 Å². The topological polar surface area (TPSA) is 21.7 Å². The first kappa shape index (κ1) is 19.5. The number of ether oxygens (including phenoxy) is 2. The fraction of sp³-hybridized carbons (Fsp3) is 0.300. The molecule has 0 saturated heterocycles. The van der Waals surface area contributed by atoms with Crippen LogP contribution in [0, 0.1) is 5.92 Å². The Morgan fingerprint density at radius 2 is 1.20 bits per heavy atom. The molecule has 0 bridgehead atoms. The van der Waals surface area contributed by atoms with Crippen molar-refractivity contribution in [1.82, 2.24) is 4.90 Å². The zero-order chi connectivity index (χ0) is 18.1. The van der Waals surface area contributed by atoms with E-state index in [0.717, 1.165) is 17.7 Å². The van der Waals surface area contributed by atoms with Crippen molar-refractivity contribution >= 4 is 34.5 Å². The van der Waals surface area contributed by atoms with Crippen LogP contribution >= 0.6 is 24.4 Å². The van der Waals surface area contributed by atoms with E-state index in [1.165, 1.54) is 0 Å². The predicted molar refractivity (Wildman–Crippen MR) is 110 cm³/mol. The molecule has 0 aromatic heterocycles. The van der Waals surface area contributed by atoms with Gasteiger partial charge < -0.3 is 14.4 Å². The number of hydrogen-bond donors (Lipinski definition) is 0. The number of benzene rings is 2. The first-order valence-electron chi connectivity index (χ1n) is 8.15. The Bertz CT molecular complexity index is 619. The van der Waals surface area contributed by atoms with Crippen LogP contribution in [0.15, 0.2) is 60.7 Å². The van der Waals surface area contributed by atoms with Gasteiger partial charge in [0.1, 0.15) is 0 Å². The normalized spacial score (nSPS) is 10.7. The van der Waals surface area contributed by atoms with Crippen LogP contribution in [0.3, 0.4) is 0 Å². The minimum atomic E-state index is 0.165. The smallest absolute Gasteiger partial charge is 0.191 e. The van der Waals surface area contributed by atoms with E-state index >= 15 is 0 Å². The fourth-order valence-corrected chi connectivity index (χ4v) is 2.78. The van der Waals surface area contributed by atoms with E-state index in [0.29, 0.717) is 23.3 Å². The van der Waals surface area contributed by atoms with Gasteiger partial charge >= 0.3 is 0 Å². The summed E-state index contributed by atoms with van der Waals surface area (Å²) in [4.78, 5) is 2.11. The summed E-state index contributed by atoms with van der Waals surface area (Å²) < 4.78 is 11.6. The fourth-order valence-electron chi connectivity index (χ4n) is 2.37. The van der Waals surface area contributed by atoms with Crippen LogP contribution in [0.4, 0.5) is 0 Å². The summed E-state index contributed by atoms with van der Waals surface area (Å²) in [6.45, 7) is 1.81. The Hall–Kier alpha value is -1.82. The van der Waals surface area contributed by atoms with Crippen LogP contribution in [0.25, 0.3) is 0 Å². The lowest BCUT2D eigenvalue weighted by molar-refractivity contribution is 0.143. The summed E-state index contributed by atoms with van der Waals surface area (Å²) >= 11 is 10.7. The minimum Gasteiger partial charge on any atom is -0.482 e. The molecule has 0 radical (unpaired) electrons. The average Bonchev–Trinajstić information content (AvgIpc) is 2.64. The zero-order valence-corrected chi connectivity index (χ0v) is 16.2. The Kier molecular flexibility index (Phi) is 7.98. The van der Waals surface area contributed by atoms with Gasteiger partial charge in [0.2, 0.25) is 0 Å². The van der Waals surface area contributed by atoms with Crippen molar-refractivity contribution in [3.63, 3.8) is 0 Å². The molecule has 0 N–H and O–H groups in total. The van der Waals surface area contributed by atoms with Crippen molar-refractivity contribution in [3.05, 3.63) is 71.8 Å². The highest BCUT2D eigenvalue weighted by Crippen LogP contribution is 2.09. The molecule has 3 nitrogen and oxygen atoms in total. The summed E-state index contributed by atoms with van der Waals surface area (Å²) in [5.41, 5.74) is 1.84. The molecule has 0 saturated carbocycles. The maximum absolute atomic E-state index is 5.81. The molecule has 25 heavy (non-hydrogen) atoms. The molecular formula is C20H23NO2S2. The molecule has 0 aliphatic rings. The van der Waals surface area contributed by atoms with E-state index in [4.69, 9.17) is 33.9 Å². The lowest BCUT2D eigenvalue weighted by atomic mass is 10.1. The third kappa shape index (κ3) is 6.90. The maximum Gasteiger partial charge on any atom is 0.191 e. The molecule has 2 aromatic carbocycles. The first-order valence-corrected chi connectivity index (χ1v) is 8.97. The minimum absolute atomic E-state index is 0.165. The van der Waals surface area contributed by atoms with Crippen LogP contribution in [0.1, 0.15) is 11.1 Å². The molecule has 0 spiro atoms. The van der Waals surface area contributed by atoms with E-state index in [9.17, 15) is 0 Å². The molecule has 0 fully saturated rings. The molecule has 2 rings (SSSR count). The van der Waals surface area contributed by atoms with Crippen LogP contribution in [0.2, 0.25) is 0 Å². The van der Waals surface area contributed by atoms with Crippen molar-refractivity contribution in [3.8, 4) is 0 Å². The van der Waals surface area contributed by atoms with Crippen LogP contribution in [-0.4, -0.2) is 48.9 Å². The molecule has 2 aromatic rings. The largest absolute Gasteiger partial charge is 0.482 e. The van der Waals surface area contributed by atoms with E-state index in [-0.39, 0.29) is 5.92 Å². The van der Waals surface area contributed by atoms with Crippen LogP contribution < -0.4 is 0 Å². The van der Waals surface area contributed by atoms with E-state index in [2.05, 4.69) is 4.90 Å². The van der Waals surface area contributed by atoms with Gasteiger partial charge in [-0.05, 0) is 38.5 Å². The van der Waals surface area contributed by atoms with E-state index in [1.807, 2.05) is 74.8 Å². The number of nitrogens with zero attached hydrogens (tertiary/aromatic N) is 1. The third-order valence-corrected chi connectivity index (χ3v) is 4.25. The highest BCUT2D eigenvalue weighted by atomic mass is 32.1. The maximum atomic E-state index is 5.81. The second-order valence-corrected chi connectivity index (χ2v) is 6.80. The van der Waals surface area contributed by atoms with Gasteiger partial charge in [-0.25, -0.2) is 0 Å². The van der Waals surface area contributed by atoms with Crippen molar-refractivity contribution in [1.29, 1.82) is 0 Å². The van der Waals surface area contributed by atoms with Crippen LogP contribution in [-0.2, 0) is 9.47 Å². The van der Waals surface area contributed by atoms with Crippen molar-refractivity contribution in [2.75, 3.05) is 33.9 Å². The van der Waals surface area contributed by atoms with E-state index < -0.39 is 0 Å². The molecule has 0 heterocycles. The predicted octanol–water partition coefficient (Wildman–Crippen LogP) is 3.95. The van der Waals surface area contributed by atoms with Gasteiger partial charge in [0.15, 0.2) is 10.1 Å². The Morgan fingerprint density at radius 1 is 0.800 bits per heavy atom. The summed E-state index contributed by atoms with van der Waals surface area (Å²) in [7, 11) is 4.05. The lowest BCUT2D eigenvalue weighted by Crippen LogP contribution is -2.30. The molecule has 0 aliphatic carbocycles. The third-order valence-electron chi connectivity index (χ3n) is 3.54. The zero-order valence-electron chi connectivity index (χ0n) is 14.6. The van der Waals surface area contributed by atoms with Gasteiger partial charge in [-0.3, -0.25) is 0 Å². The first-order chi connectivity index (χ1) is 12.1. The van der Waals surface area contributed by atoms with Gasteiger partial charge in [0.25, 0.3) is 0 Å². The molecule has 0 amide bonds. The Morgan fingerprint density at radius 3 is 1.56 bits per heavy atom. The van der Waals surface area contributed by atoms with Crippen LogP contribution in [0.5, 0.6) is 0 Å². The standard InChI is InChI=1S/C20H23NO2S2/c1-21(2)13-16(14-22-19(24)17-9-5-3-6-10-17)15-23-20(25)18-11-7-4-8-12-18/h3-12,16H,13-15H2,1-2H3. The molecular weight excluding hydrogens is 350 g/mol. The molecule has 0 aliphatic heterocycles. The molecule has 5 heteroatoms. The van der Waals surface area contributed by atoms with Gasteiger partial charge in [0.05, 0.1) is 13.2 Å². The highest BCUT2D eigenvalue weighted by molar-refractivity contribution is 7.80. The Labute approximate surface area is 160 Å². The number of hydrogen-bond acceptors (Lipinski definition) is 5. The second kappa shape index (κ2) is 10.2. The molecule has 132 valence electrons. The lowest BCUT2D eigenvalue weighted by Gasteiger charge is -2.22. The van der Waals surface area contributed by atoms with Crippen molar-refractivity contribution < 1.29 is 9.47 Å². The van der Waals surface area contributed by atoms with Crippen molar-refractivity contribution in [2.24, 2.45) is 5.92 Å². The quantitative estimate of drug-likeness (QED) is 0.652. The molecule has 0 atom stereocenters. The van der Waals surface area contributed by atoms with E-state index in [1.54, 1.807) is 0 Å². The van der Waals surface area contributed by atoms with Gasteiger partial charge in [-0.15, -0.1) is 0 Å². The summed E-state index contributed by atoms with van der Waals surface area (Å²) in [6, 6.07) is 19.5. The second-order valence-electron chi connectivity index (χ2n) is 6.06. The number of thiocarbonyl (C=S) groups is 2. The van der Waals surface area contributed by atoms with Gasteiger partial charge in [-0.1, -0.05) is 60.7 Å². The SMILES string of the molecule is CN(C)CC(COC(=S)c1ccccc1)COC(=S)c1ccccc1. The summed E-state index contributed by atoms with van der Waals surface area (Å²) in [5.74, 6) is 0.165. The monoisotopic (exact) mass is 373 g/mol. The number of rotatable bonds is 8. The summed E-state index contributed by atoms with van der Waals surface area (Å²) in [6.07, 6.45) is 0. The summed E-state index contributed by atoms with van der Waals surface area (Å²) in [5, 5.41) is 1.02. The van der Waals surface area contributed by atoms with Crippen molar-refractivity contribution in [2.45, 2.75) is 0 Å². The van der Waals surface area contributed by atoms with Gasteiger partial charge in [-0.2, -0.15) is 0 Å². The molecule has 0 unspecified atom stereocenters. The Balaban J connectivity index is 1.88. The average molecular weight is 374 g/mol.